The average molecular weight is 475 g/mol. The summed E-state index contributed by atoms with van der Waals surface area (Å²) in [6.45, 7) is 2.24. The minimum absolute atomic E-state index is 0.172. The molecule has 1 aromatic heterocycles. The van der Waals surface area contributed by atoms with Gasteiger partial charge in [0.15, 0.2) is 5.78 Å². The number of allylic oxidation sites excluding steroid dienone is 2. The molecule has 0 bridgehead atoms. The van der Waals surface area contributed by atoms with Crippen molar-refractivity contribution in [3.05, 3.63) is 81.6 Å². The molecular weight excluding hydrogens is 455 g/mol. The number of rotatable bonds is 9. The van der Waals surface area contributed by atoms with Gasteiger partial charge in [-0.2, -0.15) is 0 Å². The monoisotopic (exact) mass is 474 g/mol. The number of benzene rings is 2. The number of nitrogen functional groups attached to an aromatic ring is 1. The molecule has 6 nitrogen and oxygen atoms in total. The largest absolute Gasteiger partial charge is 0.492 e. The zero-order chi connectivity index (χ0) is 22.2. The van der Waals surface area contributed by atoms with Gasteiger partial charge in [-0.05, 0) is 55.0 Å². The Hall–Kier alpha value is -2.74. The molecule has 0 aliphatic heterocycles. The molecule has 31 heavy (non-hydrogen) atoms. The third-order valence-electron chi connectivity index (χ3n) is 4.14. The SMILES string of the molecule is Cc1nnc(SCCOc2ccccc2C=CC(=O)C=Cc2ccc(Cl)cc2Cl)n1N. The van der Waals surface area contributed by atoms with Gasteiger partial charge in [0.1, 0.15) is 11.6 Å². The zero-order valence-corrected chi connectivity index (χ0v) is 19.0. The van der Waals surface area contributed by atoms with Gasteiger partial charge in [0.05, 0.1) is 6.61 Å². The van der Waals surface area contributed by atoms with Gasteiger partial charge in [0.2, 0.25) is 5.16 Å². The Morgan fingerprint density at radius 1 is 1.13 bits per heavy atom. The molecule has 0 fully saturated rings. The smallest absolute Gasteiger partial charge is 0.209 e. The minimum atomic E-state index is -0.172. The van der Waals surface area contributed by atoms with Crippen molar-refractivity contribution in [2.75, 3.05) is 18.2 Å². The molecule has 0 amide bonds. The Morgan fingerprint density at radius 2 is 1.87 bits per heavy atom. The van der Waals surface area contributed by atoms with Crippen molar-refractivity contribution in [1.29, 1.82) is 0 Å². The summed E-state index contributed by atoms with van der Waals surface area (Å²) in [7, 11) is 0. The van der Waals surface area contributed by atoms with Crippen LogP contribution in [0, 0.1) is 6.92 Å². The summed E-state index contributed by atoms with van der Waals surface area (Å²) in [5, 5.41) is 9.58. The Kier molecular flexibility index (Phi) is 8.17. The van der Waals surface area contributed by atoms with Crippen LogP contribution in [0.15, 0.2) is 59.8 Å². The maximum Gasteiger partial charge on any atom is 0.209 e. The quantitative estimate of drug-likeness (QED) is 0.201. The number of carbonyl (C=O) groups is 1. The van der Waals surface area contributed by atoms with E-state index in [2.05, 4.69) is 10.2 Å². The number of hydrogen-bond acceptors (Lipinski definition) is 6. The van der Waals surface area contributed by atoms with E-state index in [-0.39, 0.29) is 5.78 Å². The van der Waals surface area contributed by atoms with Crippen LogP contribution in [0.3, 0.4) is 0 Å². The van der Waals surface area contributed by atoms with Crippen LogP contribution in [0.5, 0.6) is 5.75 Å². The normalized spacial score (nSPS) is 11.5. The number of aryl methyl sites for hydroxylation is 1. The van der Waals surface area contributed by atoms with Gasteiger partial charge in [-0.1, -0.05) is 59.2 Å². The van der Waals surface area contributed by atoms with Gasteiger partial charge in [0, 0.05) is 21.4 Å². The first-order chi connectivity index (χ1) is 14.9. The molecule has 0 unspecified atom stereocenters. The Balaban J connectivity index is 1.56. The zero-order valence-electron chi connectivity index (χ0n) is 16.7. The van der Waals surface area contributed by atoms with Gasteiger partial charge in [-0.3, -0.25) is 4.79 Å². The van der Waals surface area contributed by atoms with Crippen molar-refractivity contribution in [2.45, 2.75) is 12.1 Å². The van der Waals surface area contributed by atoms with E-state index in [9.17, 15) is 4.79 Å². The fourth-order valence-electron chi connectivity index (χ4n) is 2.52. The molecule has 0 saturated carbocycles. The summed E-state index contributed by atoms with van der Waals surface area (Å²) in [5.74, 6) is 7.64. The van der Waals surface area contributed by atoms with E-state index in [1.165, 1.54) is 28.6 Å². The molecule has 0 spiro atoms. The highest BCUT2D eigenvalue weighted by Crippen LogP contribution is 2.23. The van der Waals surface area contributed by atoms with Crippen LogP contribution in [-0.4, -0.2) is 33.0 Å². The van der Waals surface area contributed by atoms with E-state index in [4.69, 9.17) is 33.8 Å². The third-order valence-corrected chi connectivity index (χ3v) is 5.61. The summed E-state index contributed by atoms with van der Waals surface area (Å²) in [6, 6.07) is 12.6. The molecule has 3 aromatic rings. The van der Waals surface area contributed by atoms with E-state index >= 15 is 0 Å². The molecule has 0 aliphatic rings. The molecule has 3 rings (SSSR count). The highest BCUT2D eigenvalue weighted by Gasteiger charge is 2.07. The lowest BCUT2D eigenvalue weighted by Gasteiger charge is -2.08. The van der Waals surface area contributed by atoms with Crippen molar-refractivity contribution in [3.8, 4) is 5.75 Å². The molecule has 0 radical (unpaired) electrons. The number of para-hydroxylation sites is 1. The standard InChI is InChI=1S/C22H20Cl2N4O2S/c1-15-26-27-22(28(15)25)31-13-12-30-21-5-3-2-4-17(21)8-11-19(29)10-7-16-6-9-18(23)14-20(16)24/h2-11,14H,12-13,25H2,1H3. The molecular formula is C22H20Cl2N4O2S. The summed E-state index contributed by atoms with van der Waals surface area (Å²) in [5.41, 5.74) is 1.52. The van der Waals surface area contributed by atoms with Crippen molar-refractivity contribution < 1.29 is 9.53 Å². The van der Waals surface area contributed by atoms with Crippen LogP contribution in [-0.2, 0) is 4.79 Å². The average Bonchev–Trinajstić information content (AvgIpc) is 3.07. The van der Waals surface area contributed by atoms with E-state index in [0.29, 0.717) is 39.1 Å². The van der Waals surface area contributed by atoms with Crippen LogP contribution >= 0.6 is 35.0 Å². The number of nitrogens with two attached hydrogens (primary N) is 1. The second kappa shape index (κ2) is 11.0. The highest BCUT2D eigenvalue weighted by molar-refractivity contribution is 7.99. The molecule has 9 heteroatoms. The number of carbonyl (C=O) groups excluding carboxylic acids is 1. The number of thioether (sulfide) groups is 1. The summed E-state index contributed by atoms with van der Waals surface area (Å²) in [6.07, 6.45) is 6.31. The molecule has 160 valence electrons. The molecule has 1 heterocycles. The van der Waals surface area contributed by atoms with Crippen molar-refractivity contribution in [1.82, 2.24) is 14.9 Å². The van der Waals surface area contributed by atoms with Crippen LogP contribution in [0.4, 0.5) is 0 Å². The lowest BCUT2D eigenvalue weighted by atomic mass is 10.1. The van der Waals surface area contributed by atoms with E-state index < -0.39 is 0 Å². The summed E-state index contributed by atoms with van der Waals surface area (Å²) in [4.78, 5) is 12.2. The number of ketones is 1. The first kappa shape index (κ1) is 22.9. The first-order valence-corrected chi connectivity index (χ1v) is 11.0. The summed E-state index contributed by atoms with van der Waals surface area (Å²) < 4.78 is 7.31. The van der Waals surface area contributed by atoms with E-state index in [0.717, 1.165) is 11.1 Å². The summed E-state index contributed by atoms with van der Waals surface area (Å²) >= 11 is 13.5. The molecule has 0 saturated heterocycles. The van der Waals surface area contributed by atoms with Gasteiger partial charge >= 0.3 is 0 Å². The fourth-order valence-corrected chi connectivity index (χ4v) is 3.71. The minimum Gasteiger partial charge on any atom is -0.492 e. The van der Waals surface area contributed by atoms with Crippen LogP contribution in [0.2, 0.25) is 10.0 Å². The number of halogens is 2. The van der Waals surface area contributed by atoms with Crippen molar-refractivity contribution in [3.63, 3.8) is 0 Å². The molecule has 2 aromatic carbocycles. The molecule has 0 atom stereocenters. The number of hydrogen-bond donors (Lipinski definition) is 1. The fraction of sp³-hybridized carbons (Fsp3) is 0.136. The number of aromatic nitrogens is 3. The van der Waals surface area contributed by atoms with Gasteiger partial charge < -0.3 is 10.6 Å². The second-order valence-corrected chi connectivity index (χ2v) is 8.28. The number of nitrogens with zero attached hydrogens (tertiary/aromatic N) is 3. The van der Waals surface area contributed by atoms with Crippen molar-refractivity contribution in [2.24, 2.45) is 0 Å². The Labute approximate surface area is 194 Å². The third kappa shape index (κ3) is 6.62. The Morgan fingerprint density at radius 3 is 2.58 bits per heavy atom. The number of ether oxygens (including phenoxy) is 1. The topological polar surface area (TPSA) is 83.0 Å². The molecule has 0 aliphatic carbocycles. The van der Waals surface area contributed by atoms with Gasteiger partial charge in [0.25, 0.3) is 0 Å². The predicted octanol–water partition coefficient (Wildman–Crippen LogP) is 5.07. The Bertz CT molecular complexity index is 1130. The van der Waals surface area contributed by atoms with Gasteiger partial charge in [-0.25, -0.2) is 4.68 Å². The lowest BCUT2D eigenvalue weighted by Crippen LogP contribution is -2.12. The van der Waals surface area contributed by atoms with Crippen LogP contribution in [0.1, 0.15) is 17.0 Å². The molecule has 2 N–H and O–H groups in total. The lowest BCUT2D eigenvalue weighted by molar-refractivity contribution is -0.110. The predicted molar refractivity (Wildman–Crippen MR) is 127 cm³/mol. The maximum absolute atomic E-state index is 12.2. The van der Waals surface area contributed by atoms with Crippen LogP contribution < -0.4 is 10.6 Å². The first-order valence-electron chi connectivity index (χ1n) is 9.31. The van der Waals surface area contributed by atoms with E-state index in [1.54, 1.807) is 37.3 Å². The van der Waals surface area contributed by atoms with Gasteiger partial charge in [-0.15, -0.1) is 10.2 Å². The highest BCUT2D eigenvalue weighted by atomic mass is 35.5. The van der Waals surface area contributed by atoms with Crippen molar-refractivity contribution >= 4 is 52.9 Å². The van der Waals surface area contributed by atoms with E-state index in [1.807, 2.05) is 24.3 Å². The maximum atomic E-state index is 12.2. The van der Waals surface area contributed by atoms with Crippen LogP contribution in [0.25, 0.3) is 12.2 Å². The second-order valence-electron chi connectivity index (χ2n) is 6.37.